The Bertz CT molecular complexity index is 683. The SMILES string of the molecule is N#CC(F)(F)C(O)(Cn1cncn1)c1ccc(F)cc1F. The summed E-state index contributed by atoms with van der Waals surface area (Å²) in [6.07, 6.45) is 2.03. The predicted octanol–water partition coefficient (Wildman–Crippen LogP) is 1.60. The second kappa shape index (κ2) is 5.14. The highest BCUT2D eigenvalue weighted by atomic mass is 19.3. The summed E-state index contributed by atoms with van der Waals surface area (Å²) in [5.41, 5.74) is -4.14. The zero-order valence-electron chi connectivity index (χ0n) is 10.3. The molecule has 1 unspecified atom stereocenters. The number of hydrogen-bond acceptors (Lipinski definition) is 4. The van der Waals surface area contributed by atoms with Crippen LogP contribution in [0.4, 0.5) is 17.6 Å². The van der Waals surface area contributed by atoms with Crippen molar-refractivity contribution < 1.29 is 22.7 Å². The van der Waals surface area contributed by atoms with Gasteiger partial charge in [-0.3, -0.25) is 0 Å². The van der Waals surface area contributed by atoms with Crippen molar-refractivity contribution in [1.29, 1.82) is 5.26 Å². The largest absolute Gasteiger partial charge is 0.376 e. The van der Waals surface area contributed by atoms with Gasteiger partial charge in [-0.25, -0.2) is 18.4 Å². The van der Waals surface area contributed by atoms with E-state index in [4.69, 9.17) is 5.26 Å². The Kier molecular flexibility index (Phi) is 3.65. The van der Waals surface area contributed by atoms with E-state index in [-0.39, 0.29) is 0 Å². The average molecular weight is 300 g/mol. The summed E-state index contributed by atoms with van der Waals surface area (Å²) < 4.78 is 55.1. The zero-order chi connectivity index (χ0) is 15.7. The molecule has 21 heavy (non-hydrogen) atoms. The number of nitrogens with zero attached hydrogens (tertiary/aromatic N) is 4. The minimum atomic E-state index is -4.34. The number of rotatable bonds is 4. The maximum atomic E-state index is 13.8. The molecule has 0 aliphatic carbocycles. The second-order valence-electron chi connectivity index (χ2n) is 4.26. The van der Waals surface area contributed by atoms with Gasteiger partial charge in [-0.15, -0.1) is 0 Å². The summed E-state index contributed by atoms with van der Waals surface area (Å²) in [5.74, 6) is -6.73. The van der Waals surface area contributed by atoms with E-state index in [1.807, 2.05) is 0 Å². The average Bonchev–Trinajstić information content (AvgIpc) is 2.90. The smallest absolute Gasteiger partial charge is 0.365 e. The third kappa shape index (κ3) is 2.57. The van der Waals surface area contributed by atoms with Crippen LogP contribution in [0.3, 0.4) is 0 Å². The Hall–Kier alpha value is -2.47. The van der Waals surface area contributed by atoms with Gasteiger partial charge >= 0.3 is 5.92 Å². The van der Waals surface area contributed by atoms with Crippen molar-refractivity contribution in [2.45, 2.75) is 18.1 Å². The van der Waals surface area contributed by atoms with E-state index in [2.05, 4.69) is 10.1 Å². The van der Waals surface area contributed by atoms with Crippen molar-refractivity contribution in [3.8, 4) is 6.07 Å². The summed E-state index contributed by atoms with van der Waals surface area (Å²) in [5, 5.41) is 22.3. The Morgan fingerprint density at radius 2 is 2.05 bits per heavy atom. The minimum Gasteiger partial charge on any atom is -0.376 e. The van der Waals surface area contributed by atoms with Crippen LogP contribution in [0.25, 0.3) is 0 Å². The van der Waals surface area contributed by atoms with Crippen molar-refractivity contribution in [2.75, 3.05) is 0 Å². The fourth-order valence-corrected chi connectivity index (χ4v) is 1.82. The van der Waals surface area contributed by atoms with Gasteiger partial charge in [0.05, 0.1) is 6.54 Å². The van der Waals surface area contributed by atoms with Crippen molar-refractivity contribution in [3.63, 3.8) is 0 Å². The first-order chi connectivity index (χ1) is 9.80. The number of halogens is 4. The number of aliphatic hydroxyl groups is 1. The molecule has 0 radical (unpaired) electrons. The van der Waals surface area contributed by atoms with Gasteiger partial charge in [-0.2, -0.15) is 19.1 Å². The van der Waals surface area contributed by atoms with Crippen LogP contribution in [-0.4, -0.2) is 25.8 Å². The zero-order valence-corrected chi connectivity index (χ0v) is 10.3. The van der Waals surface area contributed by atoms with Crippen molar-refractivity contribution in [2.24, 2.45) is 0 Å². The Morgan fingerprint density at radius 3 is 2.57 bits per heavy atom. The number of nitriles is 1. The van der Waals surface area contributed by atoms with Gasteiger partial charge in [0.1, 0.15) is 30.4 Å². The highest BCUT2D eigenvalue weighted by molar-refractivity contribution is 5.30. The molecule has 0 spiro atoms. The quantitative estimate of drug-likeness (QED) is 0.870. The van der Waals surface area contributed by atoms with E-state index in [0.717, 1.165) is 17.3 Å². The molecule has 1 aromatic heterocycles. The lowest BCUT2D eigenvalue weighted by Crippen LogP contribution is -2.48. The highest BCUT2D eigenvalue weighted by Gasteiger charge is 2.56. The Balaban J connectivity index is 2.58. The third-order valence-electron chi connectivity index (χ3n) is 2.89. The molecule has 0 aliphatic rings. The molecular formula is C12H8F4N4O. The summed E-state index contributed by atoms with van der Waals surface area (Å²) in [6, 6.07) is 2.34. The molecule has 0 saturated heterocycles. The summed E-state index contributed by atoms with van der Waals surface area (Å²) in [7, 11) is 0. The molecular weight excluding hydrogens is 292 g/mol. The molecule has 0 fully saturated rings. The van der Waals surface area contributed by atoms with Crippen LogP contribution in [0.2, 0.25) is 0 Å². The fourth-order valence-electron chi connectivity index (χ4n) is 1.82. The first-order valence-electron chi connectivity index (χ1n) is 5.59. The van der Waals surface area contributed by atoms with Gasteiger partial charge in [0.15, 0.2) is 5.60 Å². The lowest BCUT2D eigenvalue weighted by molar-refractivity contribution is -0.162. The van der Waals surface area contributed by atoms with Crippen LogP contribution in [0.1, 0.15) is 5.56 Å². The molecule has 2 rings (SSSR count). The van der Waals surface area contributed by atoms with Crippen molar-refractivity contribution >= 4 is 0 Å². The van der Waals surface area contributed by atoms with Crippen LogP contribution in [0, 0.1) is 23.0 Å². The number of alkyl halides is 2. The molecule has 1 aromatic carbocycles. The lowest BCUT2D eigenvalue weighted by Gasteiger charge is -2.32. The summed E-state index contributed by atoms with van der Waals surface area (Å²) in [6.45, 7) is -0.934. The summed E-state index contributed by atoms with van der Waals surface area (Å²) >= 11 is 0. The van der Waals surface area contributed by atoms with Crippen LogP contribution in [0.15, 0.2) is 30.9 Å². The molecule has 1 heterocycles. The van der Waals surface area contributed by atoms with Crippen LogP contribution >= 0.6 is 0 Å². The van der Waals surface area contributed by atoms with Gasteiger partial charge < -0.3 is 5.11 Å². The topological polar surface area (TPSA) is 74.7 Å². The van der Waals surface area contributed by atoms with E-state index >= 15 is 0 Å². The van der Waals surface area contributed by atoms with Crippen molar-refractivity contribution in [3.05, 3.63) is 48.1 Å². The molecule has 0 saturated carbocycles. The molecule has 0 bridgehead atoms. The lowest BCUT2D eigenvalue weighted by atomic mass is 9.87. The van der Waals surface area contributed by atoms with E-state index in [9.17, 15) is 22.7 Å². The maximum absolute atomic E-state index is 13.8. The first kappa shape index (κ1) is 14.9. The molecule has 110 valence electrons. The second-order valence-corrected chi connectivity index (χ2v) is 4.26. The molecule has 9 heteroatoms. The summed E-state index contributed by atoms with van der Waals surface area (Å²) in [4.78, 5) is 3.50. The van der Waals surface area contributed by atoms with Gasteiger partial charge in [-0.05, 0) is 12.1 Å². The van der Waals surface area contributed by atoms with E-state index in [1.165, 1.54) is 0 Å². The number of aromatic nitrogens is 3. The standard InChI is InChI=1S/C12H8F4N4O/c13-8-1-2-9(10(14)3-8)11(21,12(15,16)4-17)5-20-7-18-6-19-20/h1-3,6-7,21H,5H2. The predicted molar refractivity (Wildman–Crippen MR) is 60.8 cm³/mol. The maximum Gasteiger partial charge on any atom is 0.365 e. The van der Waals surface area contributed by atoms with Gasteiger partial charge in [0.2, 0.25) is 0 Å². The Morgan fingerprint density at radius 1 is 1.33 bits per heavy atom. The molecule has 0 amide bonds. The Labute approximate surface area is 116 Å². The van der Waals surface area contributed by atoms with Crippen LogP contribution in [-0.2, 0) is 12.1 Å². The van der Waals surface area contributed by atoms with Crippen LogP contribution < -0.4 is 0 Å². The molecule has 5 nitrogen and oxygen atoms in total. The molecule has 0 aliphatic heterocycles. The molecule has 1 atom stereocenters. The van der Waals surface area contributed by atoms with E-state index in [0.29, 0.717) is 24.3 Å². The van der Waals surface area contributed by atoms with E-state index in [1.54, 1.807) is 0 Å². The minimum absolute atomic E-state index is 0.342. The first-order valence-corrected chi connectivity index (χ1v) is 5.59. The number of benzene rings is 1. The fraction of sp³-hybridized carbons (Fsp3) is 0.250. The number of hydrogen-bond donors (Lipinski definition) is 1. The van der Waals surface area contributed by atoms with E-state index < -0.39 is 35.3 Å². The highest BCUT2D eigenvalue weighted by Crippen LogP contribution is 2.39. The van der Waals surface area contributed by atoms with Gasteiger partial charge in [0.25, 0.3) is 0 Å². The molecule has 2 aromatic rings. The normalized spacial score (nSPS) is 14.5. The van der Waals surface area contributed by atoms with Gasteiger partial charge in [-0.1, -0.05) is 0 Å². The van der Waals surface area contributed by atoms with Crippen molar-refractivity contribution in [1.82, 2.24) is 14.8 Å². The third-order valence-corrected chi connectivity index (χ3v) is 2.89. The monoisotopic (exact) mass is 300 g/mol. The van der Waals surface area contributed by atoms with Gasteiger partial charge in [0, 0.05) is 11.6 Å². The van der Waals surface area contributed by atoms with Crippen LogP contribution in [0.5, 0.6) is 0 Å². The molecule has 1 N–H and O–H groups in total.